The van der Waals surface area contributed by atoms with Gasteiger partial charge in [-0.15, -0.1) is 0 Å². The molecule has 0 spiro atoms. The lowest BCUT2D eigenvalue weighted by atomic mass is 9.82. The van der Waals surface area contributed by atoms with Crippen molar-refractivity contribution in [3.8, 4) is 11.1 Å². The molecule has 0 unspecified atom stereocenters. The van der Waals surface area contributed by atoms with E-state index in [-0.39, 0.29) is 5.41 Å². The smallest absolute Gasteiger partial charge is 0.102 e. The maximum Gasteiger partial charge on any atom is 0.102 e. The van der Waals surface area contributed by atoms with Gasteiger partial charge < -0.3 is 9.80 Å². The van der Waals surface area contributed by atoms with Gasteiger partial charge in [-0.05, 0) is 53.8 Å². The standard InChI is InChI=1S/C20H23N3/c1-13-10-17-16(11-19(13)23-9-8-22(5)14(23)2)15-6-7-21-12-18(15)20(17,3)4/h6-12,14H,1-5H3/t14-/m0/s1. The van der Waals surface area contributed by atoms with Crippen LogP contribution in [0.1, 0.15) is 37.5 Å². The van der Waals surface area contributed by atoms with E-state index in [2.05, 4.69) is 80.1 Å². The van der Waals surface area contributed by atoms with Crippen LogP contribution in [0.3, 0.4) is 0 Å². The summed E-state index contributed by atoms with van der Waals surface area (Å²) in [7, 11) is 2.12. The number of aromatic nitrogens is 1. The van der Waals surface area contributed by atoms with Crippen LogP contribution in [-0.2, 0) is 5.41 Å². The molecule has 3 heteroatoms. The molecule has 0 fully saturated rings. The van der Waals surface area contributed by atoms with Crippen molar-refractivity contribution in [2.75, 3.05) is 11.9 Å². The first kappa shape index (κ1) is 14.3. The number of hydrogen-bond donors (Lipinski definition) is 0. The van der Waals surface area contributed by atoms with Gasteiger partial charge in [0.1, 0.15) is 6.17 Å². The zero-order valence-electron chi connectivity index (χ0n) is 14.5. The number of hydrogen-bond acceptors (Lipinski definition) is 3. The Morgan fingerprint density at radius 2 is 1.87 bits per heavy atom. The molecule has 2 aliphatic rings. The Morgan fingerprint density at radius 3 is 2.57 bits per heavy atom. The van der Waals surface area contributed by atoms with Gasteiger partial charge >= 0.3 is 0 Å². The fourth-order valence-corrected chi connectivity index (χ4v) is 3.89. The van der Waals surface area contributed by atoms with E-state index in [1.165, 1.54) is 33.5 Å². The number of aryl methyl sites for hydroxylation is 1. The monoisotopic (exact) mass is 305 g/mol. The Bertz CT molecular complexity index is 820. The van der Waals surface area contributed by atoms with E-state index < -0.39 is 0 Å². The van der Waals surface area contributed by atoms with Crippen molar-refractivity contribution >= 4 is 5.69 Å². The van der Waals surface area contributed by atoms with Crippen molar-refractivity contribution < 1.29 is 0 Å². The van der Waals surface area contributed by atoms with E-state index in [0.29, 0.717) is 6.17 Å². The van der Waals surface area contributed by atoms with Crippen LogP contribution in [-0.4, -0.2) is 23.1 Å². The summed E-state index contributed by atoms with van der Waals surface area (Å²) >= 11 is 0. The highest BCUT2D eigenvalue weighted by molar-refractivity contribution is 5.84. The molecule has 1 aromatic heterocycles. The van der Waals surface area contributed by atoms with Crippen LogP contribution in [0.25, 0.3) is 11.1 Å². The van der Waals surface area contributed by atoms with Gasteiger partial charge in [-0.3, -0.25) is 4.98 Å². The topological polar surface area (TPSA) is 19.4 Å². The van der Waals surface area contributed by atoms with Crippen molar-refractivity contribution in [3.63, 3.8) is 0 Å². The zero-order chi connectivity index (χ0) is 16.4. The Hall–Kier alpha value is -2.29. The fourth-order valence-electron chi connectivity index (χ4n) is 3.89. The van der Waals surface area contributed by atoms with E-state index in [1.54, 1.807) is 0 Å². The Balaban J connectivity index is 1.92. The number of fused-ring (bicyclic) bond motifs is 3. The van der Waals surface area contributed by atoms with Gasteiger partial charge in [0.25, 0.3) is 0 Å². The molecule has 0 N–H and O–H groups in total. The van der Waals surface area contributed by atoms with Crippen LogP contribution in [0.5, 0.6) is 0 Å². The predicted octanol–water partition coefficient (Wildman–Crippen LogP) is 4.27. The quantitative estimate of drug-likeness (QED) is 0.784. The average molecular weight is 305 g/mol. The van der Waals surface area contributed by atoms with E-state index in [4.69, 9.17) is 0 Å². The van der Waals surface area contributed by atoms with Gasteiger partial charge in [-0.2, -0.15) is 0 Å². The lowest BCUT2D eigenvalue weighted by Gasteiger charge is -2.29. The first-order chi connectivity index (χ1) is 10.9. The second kappa shape index (κ2) is 4.60. The maximum absolute atomic E-state index is 4.35. The summed E-state index contributed by atoms with van der Waals surface area (Å²) < 4.78 is 0. The van der Waals surface area contributed by atoms with Gasteiger partial charge in [0.15, 0.2) is 0 Å². The fraction of sp³-hybridized carbons (Fsp3) is 0.350. The minimum absolute atomic E-state index is 0.0193. The van der Waals surface area contributed by atoms with Gasteiger partial charge in [0.2, 0.25) is 0 Å². The van der Waals surface area contributed by atoms with E-state index in [0.717, 1.165) is 0 Å². The number of pyridine rings is 1. The largest absolute Gasteiger partial charge is 0.359 e. The maximum atomic E-state index is 4.35. The van der Waals surface area contributed by atoms with Crippen LogP contribution in [0.4, 0.5) is 5.69 Å². The summed E-state index contributed by atoms with van der Waals surface area (Å²) in [6.07, 6.45) is 8.58. The molecule has 0 amide bonds. The summed E-state index contributed by atoms with van der Waals surface area (Å²) in [6, 6.07) is 6.87. The van der Waals surface area contributed by atoms with Gasteiger partial charge in [-0.1, -0.05) is 19.9 Å². The summed E-state index contributed by atoms with van der Waals surface area (Å²) in [5, 5.41) is 0. The summed E-state index contributed by atoms with van der Waals surface area (Å²) in [5.41, 5.74) is 8.04. The molecule has 23 heavy (non-hydrogen) atoms. The third-order valence-corrected chi connectivity index (χ3v) is 5.53. The lowest BCUT2D eigenvalue weighted by molar-refractivity contribution is 0.383. The highest BCUT2D eigenvalue weighted by atomic mass is 15.4. The van der Waals surface area contributed by atoms with E-state index in [9.17, 15) is 0 Å². The van der Waals surface area contributed by atoms with Gasteiger partial charge in [-0.25, -0.2) is 0 Å². The molecular formula is C20H23N3. The van der Waals surface area contributed by atoms with Crippen LogP contribution in [0.15, 0.2) is 43.0 Å². The Kier molecular flexibility index (Phi) is 2.87. The molecule has 4 rings (SSSR count). The number of benzene rings is 1. The molecule has 0 saturated heterocycles. The van der Waals surface area contributed by atoms with Gasteiger partial charge in [0.05, 0.1) is 0 Å². The SMILES string of the molecule is Cc1cc2c(cc1N1C=CN(C)[C@@H]1C)-c1ccncc1C2(C)C. The highest BCUT2D eigenvalue weighted by Gasteiger charge is 2.36. The molecule has 118 valence electrons. The number of nitrogens with zero attached hydrogens (tertiary/aromatic N) is 3. The number of anilines is 1. The molecule has 0 radical (unpaired) electrons. The summed E-state index contributed by atoms with van der Waals surface area (Å²) in [5.74, 6) is 0. The van der Waals surface area contributed by atoms with Crippen LogP contribution in [0.2, 0.25) is 0 Å². The normalized spacial score (nSPS) is 20.8. The Labute approximate surface area is 138 Å². The lowest BCUT2D eigenvalue weighted by Crippen LogP contribution is -2.33. The summed E-state index contributed by atoms with van der Waals surface area (Å²) in [4.78, 5) is 8.93. The molecular weight excluding hydrogens is 282 g/mol. The molecule has 3 nitrogen and oxygen atoms in total. The molecule has 0 saturated carbocycles. The third kappa shape index (κ3) is 1.86. The zero-order valence-corrected chi connectivity index (χ0v) is 14.5. The summed E-state index contributed by atoms with van der Waals surface area (Å²) in [6.45, 7) is 9.04. The molecule has 1 atom stereocenters. The minimum Gasteiger partial charge on any atom is -0.359 e. The van der Waals surface area contributed by atoms with Crippen molar-refractivity contribution in [1.82, 2.24) is 9.88 Å². The number of rotatable bonds is 1. The molecule has 1 aliphatic carbocycles. The third-order valence-electron chi connectivity index (χ3n) is 5.53. The van der Waals surface area contributed by atoms with Crippen LogP contribution < -0.4 is 4.90 Å². The molecule has 1 aliphatic heterocycles. The predicted molar refractivity (Wildman–Crippen MR) is 95.4 cm³/mol. The van der Waals surface area contributed by atoms with E-state index in [1.807, 2.05) is 12.4 Å². The first-order valence-corrected chi connectivity index (χ1v) is 8.20. The van der Waals surface area contributed by atoms with Gasteiger partial charge in [0, 0.05) is 42.9 Å². The van der Waals surface area contributed by atoms with Crippen LogP contribution in [0, 0.1) is 6.92 Å². The average Bonchev–Trinajstić information content (AvgIpc) is 2.96. The van der Waals surface area contributed by atoms with E-state index >= 15 is 0 Å². The molecule has 2 heterocycles. The van der Waals surface area contributed by atoms with Crippen molar-refractivity contribution in [2.45, 2.75) is 39.3 Å². The molecule has 2 aromatic rings. The van der Waals surface area contributed by atoms with Crippen LogP contribution >= 0.6 is 0 Å². The molecule has 0 bridgehead atoms. The van der Waals surface area contributed by atoms with Crippen molar-refractivity contribution in [2.24, 2.45) is 0 Å². The highest BCUT2D eigenvalue weighted by Crippen LogP contribution is 2.50. The Morgan fingerprint density at radius 1 is 1.09 bits per heavy atom. The minimum atomic E-state index is 0.0193. The second-order valence-electron chi connectivity index (χ2n) is 7.23. The first-order valence-electron chi connectivity index (χ1n) is 8.20. The molecule has 1 aromatic carbocycles. The second-order valence-corrected chi connectivity index (χ2v) is 7.23. The van der Waals surface area contributed by atoms with Crippen molar-refractivity contribution in [3.05, 3.63) is 59.7 Å². The van der Waals surface area contributed by atoms with Crippen molar-refractivity contribution in [1.29, 1.82) is 0 Å².